The maximum Gasteiger partial charge on any atom is 0.276 e. The molecule has 0 saturated carbocycles. The molecule has 1 spiro atoms. The van der Waals surface area contributed by atoms with E-state index >= 15 is 0 Å². The molecule has 2 N–H and O–H groups in total. The number of ether oxygens (including phenoxy) is 1. The summed E-state index contributed by atoms with van der Waals surface area (Å²) < 4.78 is 29.9. The van der Waals surface area contributed by atoms with Gasteiger partial charge in [0, 0.05) is 31.0 Å². The van der Waals surface area contributed by atoms with Crippen molar-refractivity contribution in [2.24, 2.45) is 5.14 Å². The summed E-state index contributed by atoms with van der Waals surface area (Å²) in [5, 5.41) is 5.78. The van der Waals surface area contributed by atoms with Crippen molar-refractivity contribution in [2.45, 2.75) is 24.9 Å². The molecule has 0 radical (unpaired) electrons. The summed E-state index contributed by atoms with van der Waals surface area (Å²) in [7, 11) is -3.72. The standard InChI is InChI=1S/C13H14Cl2N2O4S/c14-8-5-9-11(18)7-13(21-12(9)10(15)6-8)1-3-17(4-2-13)22(16,19)20/h5-6H,1-4,7H2,(H2,16,19,20). The van der Waals surface area contributed by atoms with Gasteiger partial charge in [-0.15, -0.1) is 0 Å². The third kappa shape index (κ3) is 2.83. The Labute approximate surface area is 138 Å². The molecule has 2 heterocycles. The maximum absolute atomic E-state index is 12.4. The fourth-order valence-electron chi connectivity index (χ4n) is 2.94. The van der Waals surface area contributed by atoms with E-state index in [9.17, 15) is 13.2 Å². The average Bonchev–Trinajstić information content (AvgIpc) is 2.40. The number of benzene rings is 1. The van der Waals surface area contributed by atoms with Gasteiger partial charge in [0.1, 0.15) is 11.4 Å². The molecule has 0 bridgehead atoms. The first-order chi connectivity index (χ1) is 10.2. The zero-order chi connectivity index (χ0) is 16.1. The second-order valence-corrected chi connectivity index (χ2v) is 7.98. The van der Waals surface area contributed by atoms with Crippen LogP contribution in [-0.4, -0.2) is 37.2 Å². The van der Waals surface area contributed by atoms with E-state index in [0.717, 1.165) is 0 Å². The smallest absolute Gasteiger partial charge is 0.276 e. The first kappa shape index (κ1) is 16.0. The van der Waals surface area contributed by atoms with E-state index < -0.39 is 15.8 Å². The lowest BCUT2D eigenvalue weighted by molar-refractivity contribution is 0.00600. The average molecular weight is 365 g/mol. The number of hydrogen-bond acceptors (Lipinski definition) is 4. The van der Waals surface area contributed by atoms with Crippen LogP contribution in [0.1, 0.15) is 29.6 Å². The Balaban J connectivity index is 1.89. The predicted octanol–water partition coefficient (Wildman–Crippen LogP) is 2.00. The second-order valence-electron chi connectivity index (χ2n) is 5.59. The molecule has 9 heteroatoms. The van der Waals surface area contributed by atoms with Crippen LogP contribution in [0.25, 0.3) is 0 Å². The van der Waals surface area contributed by atoms with Gasteiger partial charge in [0.05, 0.1) is 17.0 Å². The minimum Gasteiger partial charge on any atom is -0.484 e. The summed E-state index contributed by atoms with van der Waals surface area (Å²) >= 11 is 12.0. The highest BCUT2D eigenvalue weighted by atomic mass is 35.5. The number of halogens is 2. The topological polar surface area (TPSA) is 89.7 Å². The minimum absolute atomic E-state index is 0.102. The van der Waals surface area contributed by atoms with E-state index in [4.69, 9.17) is 33.1 Å². The number of piperidine rings is 1. The number of nitrogens with zero attached hydrogens (tertiary/aromatic N) is 1. The lowest BCUT2D eigenvalue weighted by atomic mass is 9.83. The van der Waals surface area contributed by atoms with Crippen LogP contribution in [0.4, 0.5) is 0 Å². The van der Waals surface area contributed by atoms with Crippen molar-refractivity contribution < 1.29 is 17.9 Å². The fourth-order valence-corrected chi connectivity index (χ4v) is 4.16. The van der Waals surface area contributed by atoms with Crippen molar-refractivity contribution in [3.05, 3.63) is 27.7 Å². The van der Waals surface area contributed by atoms with Gasteiger partial charge in [0.15, 0.2) is 5.78 Å². The van der Waals surface area contributed by atoms with Gasteiger partial charge in [-0.1, -0.05) is 23.2 Å². The molecular formula is C13H14Cl2N2O4S. The van der Waals surface area contributed by atoms with Crippen LogP contribution in [-0.2, 0) is 10.2 Å². The van der Waals surface area contributed by atoms with Crippen LogP contribution in [0.15, 0.2) is 12.1 Å². The molecule has 0 aromatic heterocycles. The minimum atomic E-state index is -3.72. The first-order valence-corrected chi connectivity index (χ1v) is 8.95. The van der Waals surface area contributed by atoms with Crippen LogP contribution in [0.2, 0.25) is 10.0 Å². The molecule has 1 aromatic rings. The molecular weight excluding hydrogens is 351 g/mol. The summed E-state index contributed by atoms with van der Waals surface area (Å²) in [5.41, 5.74) is -0.361. The van der Waals surface area contributed by atoms with E-state index in [-0.39, 0.29) is 30.3 Å². The van der Waals surface area contributed by atoms with Gasteiger partial charge < -0.3 is 4.74 Å². The van der Waals surface area contributed by atoms with Crippen LogP contribution in [0.5, 0.6) is 5.75 Å². The Bertz CT molecular complexity index is 743. The Kier molecular flexibility index (Phi) is 3.89. The number of ketones is 1. The van der Waals surface area contributed by atoms with E-state index in [2.05, 4.69) is 0 Å². The van der Waals surface area contributed by atoms with Crippen LogP contribution in [0, 0.1) is 0 Å². The van der Waals surface area contributed by atoms with Gasteiger partial charge in [-0.3, -0.25) is 4.79 Å². The van der Waals surface area contributed by atoms with Crippen LogP contribution >= 0.6 is 23.2 Å². The van der Waals surface area contributed by atoms with Crippen molar-refractivity contribution in [1.29, 1.82) is 0 Å². The summed E-state index contributed by atoms with van der Waals surface area (Å²) in [6, 6.07) is 3.06. The van der Waals surface area contributed by atoms with Gasteiger partial charge in [-0.25, -0.2) is 5.14 Å². The molecule has 0 atom stereocenters. The lowest BCUT2D eigenvalue weighted by Crippen LogP contribution is -2.53. The highest BCUT2D eigenvalue weighted by molar-refractivity contribution is 7.86. The Morgan fingerprint density at radius 2 is 1.86 bits per heavy atom. The van der Waals surface area contributed by atoms with Crippen molar-refractivity contribution in [3.63, 3.8) is 0 Å². The zero-order valence-electron chi connectivity index (χ0n) is 11.5. The number of carbonyl (C=O) groups excluding carboxylic acids is 1. The molecule has 0 aliphatic carbocycles. The normalized spacial score (nSPS) is 21.5. The number of carbonyl (C=O) groups is 1. The number of rotatable bonds is 1. The molecule has 120 valence electrons. The molecule has 6 nitrogen and oxygen atoms in total. The van der Waals surface area contributed by atoms with Crippen LogP contribution < -0.4 is 9.88 Å². The number of Topliss-reactive ketones (excluding diaryl/α,β-unsaturated/α-hetero) is 1. The molecule has 1 aromatic carbocycles. The quantitative estimate of drug-likeness (QED) is 0.824. The molecule has 3 rings (SSSR count). The summed E-state index contributed by atoms with van der Waals surface area (Å²) in [6.07, 6.45) is 0.941. The van der Waals surface area contributed by atoms with Crippen LogP contribution in [0.3, 0.4) is 0 Å². The van der Waals surface area contributed by atoms with Crippen molar-refractivity contribution in [1.82, 2.24) is 4.31 Å². The lowest BCUT2D eigenvalue weighted by Gasteiger charge is -2.43. The van der Waals surface area contributed by atoms with Crippen molar-refractivity contribution in [3.8, 4) is 5.75 Å². The van der Waals surface area contributed by atoms with E-state index in [1.165, 1.54) is 16.4 Å². The number of fused-ring (bicyclic) bond motifs is 1. The van der Waals surface area contributed by atoms with Gasteiger partial charge in [-0.05, 0) is 12.1 Å². The Morgan fingerprint density at radius 1 is 1.23 bits per heavy atom. The third-order valence-electron chi connectivity index (χ3n) is 4.10. The van der Waals surface area contributed by atoms with Crippen molar-refractivity contribution >= 4 is 39.2 Å². The monoisotopic (exact) mass is 364 g/mol. The Morgan fingerprint density at radius 3 is 2.45 bits per heavy atom. The molecule has 1 saturated heterocycles. The summed E-state index contributed by atoms with van der Waals surface area (Å²) in [5.74, 6) is 0.223. The largest absolute Gasteiger partial charge is 0.484 e. The molecule has 2 aliphatic heterocycles. The fraction of sp³-hybridized carbons (Fsp3) is 0.462. The van der Waals surface area contributed by atoms with Gasteiger partial charge in [0.2, 0.25) is 0 Å². The van der Waals surface area contributed by atoms with Gasteiger partial charge in [-0.2, -0.15) is 12.7 Å². The van der Waals surface area contributed by atoms with Gasteiger partial charge in [0.25, 0.3) is 10.2 Å². The molecule has 0 unspecified atom stereocenters. The zero-order valence-corrected chi connectivity index (χ0v) is 13.8. The summed E-state index contributed by atoms with van der Waals surface area (Å²) in [6.45, 7) is 0.430. The first-order valence-electron chi connectivity index (χ1n) is 6.69. The maximum atomic E-state index is 12.4. The highest BCUT2D eigenvalue weighted by Gasteiger charge is 2.45. The van der Waals surface area contributed by atoms with Gasteiger partial charge >= 0.3 is 0 Å². The molecule has 1 fully saturated rings. The van der Waals surface area contributed by atoms with E-state index in [1.54, 1.807) is 0 Å². The highest BCUT2D eigenvalue weighted by Crippen LogP contribution is 2.44. The molecule has 22 heavy (non-hydrogen) atoms. The molecule has 0 amide bonds. The third-order valence-corrected chi connectivity index (χ3v) is 5.69. The second kappa shape index (κ2) is 5.35. The SMILES string of the molecule is NS(=O)(=O)N1CCC2(CC1)CC(=O)c1cc(Cl)cc(Cl)c1O2. The molecule has 2 aliphatic rings. The number of nitrogens with two attached hydrogens (primary N) is 1. The summed E-state index contributed by atoms with van der Waals surface area (Å²) in [4.78, 5) is 12.4. The Hall–Kier alpha value is -0.860. The number of hydrogen-bond donors (Lipinski definition) is 1. The van der Waals surface area contributed by atoms with E-state index in [1.807, 2.05) is 0 Å². The van der Waals surface area contributed by atoms with E-state index in [0.29, 0.717) is 29.2 Å². The predicted molar refractivity (Wildman–Crippen MR) is 82.7 cm³/mol. The van der Waals surface area contributed by atoms with Crippen molar-refractivity contribution in [2.75, 3.05) is 13.1 Å².